The molecule has 1 aliphatic rings. The molecule has 0 aromatic heterocycles. The zero-order valence-corrected chi connectivity index (χ0v) is 19.4. The third kappa shape index (κ3) is 6.27. The van der Waals surface area contributed by atoms with Gasteiger partial charge in [0.1, 0.15) is 11.9 Å². The van der Waals surface area contributed by atoms with Crippen molar-refractivity contribution in [3.05, 3.63) is 82.4 Å². The van der Waals surface area contributed by atoms with E-state index in [1.54, 1.807) is 12.1 Å². The van der Waals surface area contributed by atoms with E-state index in [1.165, 1.54) is 30.4 Å². The summed E-state index contributed by atoms with van der Waals surface area (Å²) in [6, 6.07) is 13.5. The number of hydrogen-bond donors (Lipinski definition) is 0. The maximum atomic E-state index is 12.9. The molecular formula is C28H33F3O. The second kappa shape index (κ2) is 10.4. The van der Waals surface area contributed by atoms with Gasteiger partial charge in [0.2, 0.25) is 0 Å². The summed E-state index contributed by atoms with van der Waals surface area (Å²) in [6.45, 7) is 8.19. The van der Waals surface area contributed by atoms with Gasteiger partial charge in [-0.3, -0.25) is 0 Å². The number of aryl methyl sites for hydroxylation is 1. The van der Waals surface area contributed by atoms with Gasteiger partial charge in [-0.2, -0.15) is 13.2 Å². The molecule has 2 aromatic rings. The Balaban J connectivity index is 1.87. The van der Waals surface area contributed by atoms with Crippen LogP contribution < -0.4 is 4.74 Å². The number of ether oxygens (including phenoxy) is 1. The molecule has 0 amide bonds. The zero-order chi connectivity index (χ0) is 23.3. The summed E-state index contributed by atoms with van der Waals surface area (Å²) >= 11 is 0. The predicted molar refractivity (Wildman–Crippen MR) is 126 cm³/mol. The first-order chi connectivity index (χ1) is 15.1. The molecule has 0 bridgehead atoms. The second-order valence-electron chi connectivity index (χ2n) is 9.02. The van der Waals surface area contributed by atoms with E-state index in [-0.39, 0.29) is 6.10 Å². The van der Waals surface area contributed by atoms with Crippen molar-refractivity contribution in [3.8, 4) is 5.75 Å². The molecule has 1 fully saturated rings. The van der Waals surface area contributed by atoms with Gasteiger partial charge >= 0.3 is 6.18 Å². The average Bonchev–Trinajstić information content (AvgIpc) is 2.78. The Morgan fingerprint density at radius 2 is 1.50 bits per heavy atom. The predicted octanol–water partition coefficient (Wildman–Crippen LogP) is 8.78. The fraction of sp³-hybridized carbons (Fsp3) is 0.429. The molecule has 0 spiro atoms. The number of allylic oxidation sites excluding steroid dienone is 3. The molecule has 4 heteroatoms. The van der Waals surface area contributed by atoms with E-state index in [9.17, 15) is 13.2 Å². The smallest absolute Gasteiger partial charge is 0.416 e. The van der Waals surface area contributed by atoms with Crippen LogP contribution in [0.15, 0.2) is 65.8 Å². The van der Waals surface area contributed by atoms with Gasteiger partial charge in [-0.05, 0) is 93.0 Å². The van der Waals surface area contributed by atoms with E-state index >= 15 is 0 Å². The van der Waals surface area contributed by atoms with E-state index in [0.717, 1.165) is 47.4 Å². The van der Waals surface area contributed by atoms with Crippen LogP contribution >= 0.6 is 0 Å². The molecule has 1 atom stereocenters. The molecular weight excluding hydrogens is 409 g/mol. The highest BCUT2D eigenvalue weighted by Crippen LogP contribution is 2.34. The van der Waals surface area contributed by atoms with Crippen LogP contribution in [-0.4, -0.2) is 6.10 Å². The first-order valence-electron chi connectivity index (χ1n) is 11.4. The molecule has 3 rings (SSSR count). The van der Waals surface area contributed by atoms with Gasteiger partial charge in [-0.25, -0.2) is 0 Å². The lowest BCUT2D eigenvalue weighted by Gasteiger charge is -2.32. The van der Waals surface area contributed by atoms with Crippen LogP contribution in [0.1, 0.15) is 69.6 Å². The maximum absolute atomic E-state index is 12.9. The molecule has 0 N–H and O–H groups in total. The minimum Gasteiger partial charge on any atom is -0.486 e. The van der Waals surface area contributed by atoms with Gasteiger partial charge in [-0.1, -0.05) is 55.2 Å². The summed E-state index contributed by atoms with van der Waals surface area (Å²) < 4.78 is 45.1. The van der Waals surface area contributed by atoms with Crippen molar-refractivity contribution < 1.29 is 17.9 Å². The highest BCUT2D eigenvalue weighted by atomic mass is 19.4. The number of rotatable bonds is 6. The van der Waals surface area contributed by atoms with Crippen molar-refractivity contribution in [2.75, 3.05) is 0 Å². The minimum absolute atomic E-state index is 0.00494. The summed E-state index contributed by atoms with van der Waals surface area (Å²) in [5, 5.41) is 0. The normalized spacial score (nSPS) is 17.7. The lowest BCUT2D eigenvalue weighted by molar-refractivity contribution is -0.137. The molecule has 1 aliphatic carbocycles. The van der Waals surface area contributed by atoms with Crippen LogP contribution in [0.4, 0.5) is 13.2 Å². The standard InChI is InChI=1S/C28H33F3O/c1-19-10-16-26(17-11-19)32-27(24-8-6-5-7-9-24)22(4)20(2)18-21(3)23-12-14-25(15-13-23)28(29,30)31/h10-18,24,27H,5-9H2,1-4H3/b21-18+,22-20+. The van der Waals surface area contributed by atoms with Crippen molar-refractivity contribution >= 4 is 5.57 Å². The van der Waals surface area contributed by atoms with Gasteiger partial charge < -0.3 is 4.74 Å². The number of hydrogen-bond acceptors (Lipinski definition) is 1. The van der Waals surface area contributed by atoms with Crippen LogP contribution in [0.2, 0.25) is 0 Å². The van der Waals surface area contributed by atoms with E-state index in [0.29, 0.717) is 5.92 Å². The molecule has 1 unspecified atom stereocenters. The first kappa shape index (κ1) is 24.2. The first-order valence-corrected chi connectivity index (χ1v) is 11.4. The summed E-state index contributed by atoms with van der Waals surface area (Å²) in [7, 11) is 0. The van der Waals surface area contributed by atoms with Crippen LogP contribution in [0.5, 0.6) is 5.75 Å². The molecule has 2 aromatic carbocycles. The molecule has 1 saturated carbocycles. The molecule has 172 valence electrons. The average molecular weight is 443 g/mol. The Bertz CT molecular complexity index is 944. The summed E-state index contributed by atoms with van der Waals surface area (Å²) in [5.74, 6) is 1.35. The van der Waals surface area contributed by atoms with E-state index in [2.05, 4.69) is 39.0 Å². The monoisotopic (exact) mass is 442 g/mol. The van der Waals surface area contributed by atoms with Crippen LogP contribution in [0, 0.1) is 12.8 Å². The van der Waals surface area contributed by atoms with E-state index in [1.807, 2.05) is 19.1 Å². The topological polar surface area (TPSA) is 9.23 Å². The fourth-order valence-electron chi connectivity index (χ4n) is 4.41. The largest absolute Gasteiger partial charge is 0.486 e. The number of benzene rings is 2. The molecule has 0 aliphatic heterocycles. The van der Waals surface area contributed by atoms with Crippen molar-refractivity contribution in [1.82, 2.24) is 0 Å². The summed E-state index contributed by atoms with van der Waals surface area (Å²) in [5.41, 5.74) is 4.59. The van der Waals surface area contributed by atoms with Gasteiger partial charge in [-0.15, -0.1) is 0 Å². The zero-order valence-electron chi connectivity index (χ0n) is 19.4. The van der Waals surface area contributed by atoms with Crippen molar-refractivity contribution in [3.63, 3.8) is 0 Å². The molecule has 0 saturated heterocycles. The molecule has 0 heterocycles. The van der Waals surface area contributed by atoms with Crippen LogP contribution in [0.3, 0.4) is 0 Å². The van der Waals surface area contributed by atoms with Crippen molar-refractivity contribution in [2.45, 2.75) is 72.1 Å². The summed E-state index contributed by atoms with van der Waals surface area (Å²) in [6.07, 6.45) is 3.79. The number of halogens is 3. The molecule has 1 nitrogen and oxygen atoms in total. The second-order valence-corrected chi connectivity index (χ2v) is 9.02. The summed E-state index contributed by atoms with van der Waals surface area (Å²) in [4.78, 5) is 0. The lowest BCUT2D eigenvalue weighted by Crippen LogP contribution is -2.30. The molecule has 0 radical (unpaired) electrons. The third-order valence-corrected chi connectivity index (χ3v) is 6.51. The van der Waals surface area contributed by atoms with E-state index < -0.39 is 11.7 Å². The Labute approximate surface area is 190 Å². The maximum Gasteiger partial charge on any atom is 0.416 e. The van der Waals surface area contributed by atoms with Gasteiger partial charge in [0.15, 0.2) is 0 Å². The lowest BCUT2D eigenvalue weighted by atomic mass is 9.81. The molecule has 32 heavy (non-hydrogen) atoms. The fourth-order valence-corrected chi connectivity index (χ4v) is 4.41. The Morgan fingerprint density at radius 3 is 2.06 bits per heavy atom. The third-order valence-electron chi connectivity index (χ3n) is 6.51. The highest BCUT2D eigenvalue weighted by molar-refractivity contribution is 5.66. The van der Waals surface area contributed by atoms with Crippen molar-refractivity contribution in [1.29, 1.82) is 0 Å². The van der Waals surface area contributed by atoms with Crippen LogP contribution in [0.25, 0.3) is 5.57 Å². The van der Waals surface area contributed by atoms with E-state index in [4.69, 9.17) is 4.74 Å². The number of alkyl halides is 3. The minimum atomic E-state index is -4.32. The van der Waals surface area contributed by atoms with Crippen molar-refractivity contribution in [2.24, 2.45) is 5.92 Å². The highest BCUT2D eigenvalue weighted by Gasteiger charge is 2.30. The van der Waals surface area contributed by atoms with Crippen LogP contribution in [-0.2, 0) is 6.18 Å². The van der Waals surface area contributed by atoms with Gasteiger partial charge in [0, 0.05) is 0 Å². The quantitative estimate of drug-likeness (QED) is 0.406. The van der Waals surface area contributed by atoms with Gasteiger partial charge in [0.25, 0.3) is 0 Å². The van der Waals surface area contributed by atoms with Gasteiger partial charge in [0.05, 0.1) is 5.56 Å². The SMILES string of the molecule is C/C(=C\C(C)=C(/C)C(Oc1ccc(C)cc1)C1CCCCC1)c1ccc(C(F)(F)F)cc1. The Morgan fingerprint density at radius 1 is 0.906 bits per heavy atom. The Kier molecular flexibility index (Phi) is 7.86. The Hall–Kier alpha value is -2.49.